The Balaban J connectivity index is 1.64. The van der Waals surface area contributed by atoms with Crippen LogP contribution in [0.5, 0.6) is 0 Å². The molecule has 1 aliphatic heterocycles. The molecule has 1 aliphatic carbocycles. The molecule has 0 aromatic heterocycles. The lowest BCUT2D eigenvalue weighted by Crippen LogP contribution is -2.48. The number of anilines is 1. The standard InChI is InChI=1S/C17H21ClN2O3/c18-11-5-7-12(8-6-11)20-10-9-13(17(20)23)16(22)19-14-3-1-2-4-15(14)21/h5-8,13-15,21H,1-4,9-10H2,(H,19,22). The third-order valence-electron chi connectivity index (χ3n) is 4.72. The molecule has 0 spiro atoms. The van der Waals surface area contributed by atoms with Crippen molar-refractivity contribution in [2.75, 3.05) is 11.4 Å². The Morgan fingerprint density at radius 2 is 1.87 bits per heavy atom. The summed E-state index contributed by atoms with van der Waals surface area (Å²) >= 11 is 5.86. The molecule has 1 aromatic carbocycles. The van der Waals surface area contributed by atoms with Crippen LogP contribution in [0.15, 0.2) is 24.3 Å². The van der Waals surface area contributed by atoms with Gasteiger partial charge in [-0.15, -0.1) is 0 Å². The minimum Gasteiger partial charge on any atom is -0.391 e. The molecule has 3 unspecified atom stereocenters. The van der Waals surface area contributed by atoms with Crippen LogP contribution in [0.25, 0.3) is 0 Å². The molecule has 0 bridgehead atoms. The van der Waals surface area contributed by atoms with Gasteiger partial charge in [0.1, 0.15) is 5.92 Å². The molecule has 3 rings (SSSR count). The van der Waals surface area contributed by atoms with E-state index in [2.05, 4.69) is 5.32 Å². The second-order valence-corrected chi connectivity index (χ2v) is 6.71. The third kappa shape index (κ3) is 3.51. The summed E-state index contributed by atoms with van der Waals surface area (Å²) in [5.74, 6) is -1.12. The van der Waals surface area contributed by atoms with Gasteiger partial charge in [-0.3, -0.25) is 9.59 Å². The fourth-order valence-corrected chi connectivity index (χ4v) is 3.49. The predicted octanol–water partition coefficient (Wildman–Crippen LogP) is 2.11. The summed E-state index contributed by atoms with van der Waals surface area (Å²) in [6, 6.07) is 6.80. The summed E-state index contributed by atoms with van der Waals surface area (Å²) in [4.78, 5) is 26.6. The van der Waals surface area contributed by atoms with Gasteiger partial charge in [0, 0.05) is 17.3 Å². The van der Waals surface area contributed by atoms with Gasteiger partial charge in [-0.05, 0) is 43.5 Å². The van der Waals surface area contributed by atoms with Crippen LogP contribution < -0.4 is 10.2 Å². The Labute approximate surface area is 140 Å². The molecule has 124 valence electrons. The van der Waals surface area contributed by atoms with E-state index in [4.69, 9.17) is 11.6 Å². The molecule has 2 N–H and O–H groups in total. The minimum absolute atomic E-state index is 0.185. The number of rotatable bonds is 3. The van der Waals surface area contributed by atoms with Gasteiger partial charge in [0.15, 0.2) is 0 Å². The minimum atomic E-state index is -0.667. The number of benzene rings is 1. The number of nitrogens with zero attached hydrogens (tertiary/aromatic N) is 1. The quantitative estimate of drug-likeness (QED) is 0.831. The molecular weight excluding hydrogens is 316 g/mol. The molecule has 2 fully saturated rings. The highest BCUT2D eigenvalue weighted by molar-refractivity contribution is 6.30. The van der Waals surface area contributed by atoms with Gasteiger partial charge >= 0.3 is 0 Å². The number of aliphatic hydroxyl groups excluding tert-OH is 1. The normalized spacial score (nSPS) is 28.0. The summed E-state index contributed by atoms with van der Waals surface area (Å²) in [5.41, 5.74) is 0.757. The van der Waals surface area contributed by atoms with Crippen LogP contribution in [-0.2, 0) is 9.59 Å². The first kappa shape index (κ1) is 16.3. The zero-order valence-electron chi connectivity index (χ0n) is 12.9. The van der Waals surface area contributed by atoms with E-state index < -0.39 is 12.0 Å². The number of carbonyl (C=O) groups excluding carboxylic acids is 2. The van der Waals surface area contributed by atoms with Crippen LogP contribution in [0, 0.1) is 5.92 Å². The number of aliphatic hydroxyl groups is 1. The maximum absolute atomic E-state index is 12.5. The first-order chi connectivity index (χ1) is 11.1. The van der Waals surface area contributed by atoms with Gasteiger partial charge in [0.25, 0.3) is 0 Å². The maximum Gasteiger partial charge on any atom is 0.239 e. The van der Waals surface area contributed by atoms with Gasteiger partial charge in [0.05, 0.1) is 12.1 Å². The summed E-state index contributed by atoms with van der Waals surface area (Å²) in [6.45, 7) is 0.520. The van der Waals surface area contributed by atoms with Crippen molar-refractivity contribution in [3.63, 3.8) is 0 Å². The zero-order valence-corrected chi connectivity index (χ0v) is 13.6. The second kappa shape index (κ2) is 6.89. The average molecular weight is 337 g/mol. The molecule has 1 aromatic rings. The van der Waals surface area contributed by atoms with Crippen LogP contribution in [-0.4, -0.2) is 35.6 Å². The zero-order chi connectivity index (χ0) is 16.4. The number of nitrogens with one attached hydrogen (secondary N) is 1. The lowest BCUT2D eigenvalue weighted by molar-refractivity contribution is -0.133. The topological polar surface area (TPSA) is 69.6 Å². The Kier molecular flexibility index (Phi) is 4.87. The summed E-state index contributed by atoms with van der Waals surface area (Å²) in [7, 11) is 0. The van der Waals surface area contributed by atoms with Gasteiger partial charge in [0.2, 0.25) is 11.8 Å². The van der Waals surface area contributed by atoms with Gasteiger partial charge in [-0.1, -0.05) is 24.4 Å². The highest BCUT2D eigenvalue weighted by atomic mass is 35.5. The van der Waals surface area contributed by atoms with Crippen molar-refractivity contribution in [3.05, 3.63) is 29.3 Å². The Bertz CT molecular complexity index is 590. The van der Waals surface area contributed by atoms with E-state index in [1.807, 2.05) is 0 Å². The Morgan fingerprint density at radius 3 is 2.57 bits per heavy atom. The SMILES string of the molecule is O=C(NC1CCCCC1O)C1CCN(c2ccc(Cl)cc2)C1=O. The van der Waals surface area contributed by atoms with Gasteiger partial charge in [-0.2, -0.15) is 0 Å². The summed E-state index contributed by atoms with van der Waals surface area (Å²) in [6.07, 6.45) is 3.46. The average Bonchev–Trinajstić information content (AvgIpc) is 2.92. The van der Waals surface area contributed by atoms with Crippen LogP contribution in [0.3, 0.4) is 0 Å². The molecule has 3 atom stereocenters. The van der Waals surface area contributed by atoms with E-state index in [0.29, 0.717) is 24.4 Å². The van der Waals surface area contributed by atoms with Crippen molar-refractivity contribution >= 4 is 29.1 Å². The number of hydrogen-bond acceptors (Lipinski definition) is 3. The van der Waals surface area contributed by atoms with E-state index in [1.165, 1.54) is 0 Å². The van der Waals surface area contributed by atoms with Crippen molar-refractivity contribution in [2.24, 2.45) is 5.92 Å². The monoisotopic (exact) mass is 336 g/mol. The van der Waals surface area contributed by atoms with Crippen LogP contribution in [0.4, 0.5) is 5.69 Å². The Morgan fingerprint density at radius 1 is 1.17 bits per heavy atom. The van der Waals surface area contributed by atoms with Gasteiger partial charge in [-0.25, -0.2) is 0 Å². The van der Waals surface area contributed by atoms with E-state index >= 15 is 0 Å². The van der Waals surface area contributed by atoms with Crippen LogP contribution in [0.1, 0.15) is 32.1 Å². The fourth-order valence-electron chi connectivity index (χ4n) is 3.36. The fraction of sp³-hybridized carbons (Fsp3) is 0.529. The molecule has 23 heavy (non-hydrogen) atoms. The summed E-state index contributed by atoms with van der Waals surface area (Å²) in [5, 5.41) is 13.4. The third-order valence-corrected chi connectivity index (χ3v) is 4.97. The molecule has 2 aliphatic rings. The van der Waals surface area contributed by atoms with Gasteiger partial charge < -0.3 is 15.3 Å². The van der Waals surface area contributed by atoms with Crippen molar-refractivity contribution < 1.29 is 14.7 Å². The molecule has 1 heterocycles. The van der Waals surface area contributed by atoms with E-state index in [1.54, 1.807) is 29.2 Å². The van der Waals surface area contributed by atoms with E-state index in [-0.39, 0.29) is 17.9 Å². The Hall–Kier alpha value is -1.59. The molecule has 1 saturated carbocycles. The molecule has 1 saturated heterocycles. The lowest BCUT2D eigenvalue weighted by atomic mass is 9.92. The first-order valence-electron chi connectivity index (χ1n) is 8.11. The maximum atomic E-state index is 12.5. The second-order valence-electron chi connectivity index (χ2n) is 6.27. The smallest absolute Gasteiger partial charge is 0.239 e. The predicted molar refractivity (Wildman–Crippen MR) is 88.3 cm³/mol. The van der Waals surface area contributed by atoms with Crippen molar-refractivity contribution in [1.82, 2.24) is 5.32 Å². The number of carbonyl (C=O) groups is 2. The molecule has 6 heteroatoms. The van der Waals surface area contributed by atoms with Crippen molar-refractivity contribution in [2.45, 2.75) is 44.2 Å². The first-order valence-corrected chi connectivity index (χ1v) is 8.49. The van der Waals surface area contributed by atoms with Crippen LogP contribution in [0.2, 0.25) is 5.02 Å². The highest BCUT2D eigenvalue weighted by Crippen LogP contribution is 2.27. The largest absolute Gasteiger partial charge is 0.391 e. The highest BCUT2D eigenvalue weighted by Gasteiger charge is 2.39. The molecular formula is C17H21ClN2O3. The van der Waals surface area contributed by atoms with Crippen molar-refractivity contribution in [3.8, 4) is 0 Å². The lowest BCUT2D eigenvalue weighted by Gasteiger charge is -2.29. The molecule has 0 radical (unpaired) electrons. The van der Waals surface area contributed by atoms with Crippen LogP contribution >= 0.6 is 11.6 Å². The van der Waals surface area contributed by atoms with E-state index in [0.717, 1.165) is 24.9 Å². The van der Waals surface area contributed by atoms with Crippen molar-refractivity contribution in [1.29, 1.82) is 0 Å². The number of amides is 2. The number of halogens is 1. The molecule has 5 nitrogen and oxygen atoms in total. The molecule has 2 amide bonds. The van der Waals surface area contributed by atoms with E-state index in [9.17, 15) is 14.7 Å². The summed E-state index contributed by atoms with van der Waals surface area (Å²) < 4.78 is 0. The number of hydrogen-bond donors (Lipinski definition) is 2.